The van der Waals surface area contributed by atoms with Gasteiger partial charge in [0.15, 0.2) is 0 Å². The van der Waals surface area contributed by atoms with Crippen molar-refractivity contribution in [2.24, 2.45) is 0 Å². The van der Waals surface area contributed by atoms with E-state index in [0.29, 0.717) is 23.1 Å². The summed E-state index contributed by atoms with van der Waals surface area (Å²) in [5.74, 6) is 0.222. The fourth-order valence-corrected chi connectivity index (χ4v) is 4.11. The Bertz CT molecular complexity index is 1020. The Morgan fingerprint density at radius 2 is 1.39 bits per heavy atom. The molecule has 0 atom stereocenters. The fourth-order valence-electron chi connectivity index (χ4n) is 4.11. The summed E-state index contributed by atoms with van der Waals surface area (Å²) >= 11 is 0. The highest BCUT2D eigenvalue weighted by atomic mass is 19.1. The first-order valence-electron chi connectivity index (χ1n) is 11.9. The van der Waals surface area contributed by atoms with Crippen molar-refractivity contribution in [1.29, 1.82) is 0 Å². The Labute approximate surface area is 185 Å². The number of unbranched alkanes of at least 4 members (excludes halogenated alkanes) is 5. The molecule has 0 aliphatic heterocycles. The second kappa shape index (κ2) is 11.8. The molecule has 0 spiro atoms. The molecule has 0 radical (unpaired) electrons. The Balaban J connectivity index is 1.66. The van der Waals surface area contributed by atoms with Crippen LogP contribution in [0.5, 0.6) is 0 Å². The van der Waals surface area contributed by atoms with E-state index in [1.54, 1.807) is 0 Å². The van der Waals surface area contributed by atoms with E-state index < -0.39 is 11.4 Å². The number of benzene rings is 2. The third kappa shape index (κ3) is 6.53. The van der Waals surface area contributed by atoms with Gasteiger partial charge in [-0.2, -0.15) is 0 Å². The highest BCUT2D eigenvalue weighted by molar-refractivity contribution is 5.82. The van der Waals surface area contributed by atoms with E-state index in [1.807, 2.05) is 18.2 Å². The van der Waals surface area contributed by atoms with Crippen molar-refractivity contribution in [3.8, 4) is 0 Å². The molecule has 1 heterocycles. The summed E-state index contributed by atoms with van der Waals surface area (Å²) in [6.45, 7) is 4.38. The molecular formula is C28H35FO2. The second-order valence-electron chi connectivity index (χ2n) is 8.59. The number of fused-ring (bicyclic) bond motifs is 1. The van der Waals surface area contributed by atoms with Crippen molar-refractivity contribution >= 4 is 10.8 Å². The van der Waals surface area contributed by atoms with Crippen LogP contribution in [0.4, 0.5) is 4.39 Å². The molecule has 0 aliphatic carbocycles. The molecule has 0 bridgehead atoms. The first-order chi connectivity index (χ1) is 15.1. The molecule has 0 saturated carbocycles. The van der Waals surface area contributed by atoms with E-state index in [-0.39, 0.29) is 5.39 Å². The van der Waals surface area contributed by atoms with E-state index in [0.717, 1.165) is 32.1 Å². The van der Waals surface area contributed by atoms with E-state index in [4.69, 9.17) is 4.42 Å². The number of halogens is 1. The third-order valence-corrected chi connectivity index (χ3v) is 6.05. The van der Waals surface area contributed by atoms with Gasteiger partial charge in [-0.3, -0.25) is 0 Å². The normalized spacial score (nSPS) is 11.3. The van der Waals surface area contributed by atoms with Gasteiger partial charge in [-0.15, -0.1) is 0 Å². The molecule has 3 aromatic rings. The first kappa shape index (κ1) is 23.2. The zero-order chi connectivity index (χ0) is 22.1. The predicted octanol–water partition coefficient (Wildman–Crippen LogP) is 7.57. The molecule has 0 fully saturated rings. The minimum absolute atomic E-state index is 0.0843. The summed E-state index contributed by atoms with van der Waals surface area (Å²) in [6.07, 6.45) is 11.3. The van der Waals surface area contributed by atoms with Crippen molar-refractivity contribution in [2.75, 3.05) is 0 Å². The zero-order valence-electron chi connectivity index (χ0n) is 19.0. The molecule has 0 saturated heterocycles. The molecule has 166 valence electrons. The van der Waals surface area contributed by atoms with Crippen LogP contribution in [0.15, 0.2) is 51.7 Å². The molecule has 0 N–H and O–H groups in total. The van der Waals surface area contributed by atoms with Gasteiger partial charge in [-0.1, -0.05) is 82.3 Å². The highest BCUT2D eigenvalue weighted by Crippen LogP contribution is 2.22. The van der Waals surface area contributed by atoms with Gasteiger partial charge in [0.2, 0.25) is 0 Å². The van der Waals surface area contributed by atoms with Crippen LogP contribution in [0, 0.1) is 5.82 Å². The lowest BCUT2D eigenvalue weighted by molar-refractivity contribution is 0.453. The minimum Gasteiger partial charge on any atom is -0.427 e. The highest BCUT2D eigenvalue weighted by Gasteiger charge is 2.13. The number of hydrogen-bond acceptors (Lipinski definition) is 2. The van der Waals surface area contributed by atoms with E-state index in [9.17, 15) is 4.79 Å². The summed E-state index contributed by atoms with van der Waals surface area (Å²) in [5, 5.41) is 0.723. The molecule has 0 unspecified atom stereocenters. The molecule has 2 nitrogen and oxygen atoms in total. The van der Waals surface area contributed by atoms with Gasteiger partial charge in [0.1, 0.15) is 17.0 Å². The van der Waals surface area contributed by atoms with Crippen LogP contribution in [-0.2, 0) is 25.7 Å². The van der Waals surface area contributed by atoms with E-state index >= 15 is 4.39 Å². The quantitative estimate of drug-likeness (QED) is 0.282. The van der Waals surface area contributed by atoms with Gasteiger partial charge in [0.05, 0.1) is 0 Å². The molecule has 3 heteroatoms. The van der Waals surface area contributed by atoms with Crippen LogP contribution < -0.4 is 5.63 Å². The van der Waals surface area contributed by atoms with Crippen LogP contribution in [0.25, 0.3) is 10.8 Å². The number of aryl methyl sites for hydroxylation is 4. The molecule has 0 aliphatic rings. The van der Waals surface area contributed by atoms with Crippen LogP contribution in [0.3, 0.4) is 0 Å². The second-order valence-corrected chi connectivity index (χ2v) is 8.59. The van der Waals surface area contributed by atoms with Crippen LogP contribution in [0.2, 0.25) is 0 Å². The lowest BCUT2D eigenvalue weighted by Crippen LogP contribution is -2.07. The van der Waals surface area contributed by atoms with Crippen molar-refractivity contribution in [3.63, 3.8) is 0 Å². The Morgan fingerprint density at radius 3 is 2.10 bits per heavy atom. The maximum Gasteiger partial charge on any atom is 0.346 e. The summed E-state index contributed by atoms with van der Waals surface area (Å²) < 4.78 is 20.5. The summed E-state index contributed by atoms with van der Waals surface area (Å²) in [7, 11) is 0. The zero-order valence-corrected chi connectivity index (χ0v) is 19.0. The Hall–Kier alpha value is -2.42. The third-order valence-electron chi connectivity index (χ3n) is 6.05. The number of hydrogen-bond donors (Lipinski definition) is 0. The summed E-state index contributed by atoms with van der Waals surface area (Å²) in [6, 6.07) is 14.1. The maximum absolute atomic E-state index is 15.1. The maximum atomic E-state index is 15.1. The summed E-state index contributed by atoms with van der Waals surface area (Å²) in [5.41, 5.74) is 2.56. The monoisotopic (exact) mass is 422 g/mol. The van der Waals surface area contributed by atoms with E-state index in [1.165, 1.54) is 43.2 Å². The molecular weight excluding hydrogens is 387 g/mol. The molecule has 1 aromatic heterocycles. The molecule has 31 heavy (non-hydrogen) atoms. The standard InChI is InChI=1S/C28H35FO2/c1-3-5-7-9-11-25-20-24-19-18-23(27(29)26(24)28(30)31-25)17-16-22-14-12-21(13-15-22)10-8-6-4-2/h12-15,18-20H,3-11,16-17H2,1-2H3. The minimum atomic E-state index is -0.557. The lowest BCUT2D eigenvalue weighted by Gasteiger charge is -2.08. The smallest absolute Gasteiger partial charge is 0.346 e. The van der Waals surface area contributed by atoms with Gasteiger partial charge >= 0.3 is 5.63 Å². The summed E-state index contributed by atoms with van der Waals surface area (Å²) in [4.78, 5) is 12.5. The lowest BCUT2D eigenvalue weighted by atomic mass is 9.99. The van der Waals surface area contributed by atoms with Crippen molar-refractivity contribution in [2.45, 2.75) is 84.5 Å². The first-order valence-corrected chi connectivity index (χ1v) is 11.9. The predicted molar refractivity (Wildman–Crippen MR) is 127 cm³/mol. The van der Waals surface area contributed by atoms with Crippen LogP contribution in [-0.4, -0.2) is 0 Å². The van der Waals surface area contributed by atoms with Crippen molar-refractivity contribution in [1.82, 2.24) is 0 Å². The SMILES string of the molecule is CCCCCCc1cc2ccc(CCc3ccc(CCCCC)cc3)c(F)c2c(=O)o1. The Morgan fingerprint density at radius 1 is 0.742 bits per heavy atom. The van der Waals surface area contributed by atoms with Gasteiger partial charge in [-0.05, 0) is 60.2 Å². The average Bonchev–Trinajstić information content (AvgIpc) is 2.77. The van der Waals surface area contributed by atoms with Gasteiger partial charge in [0.25, 0.3) is 0 Å². The van der Waals surface area contributed by atoms with Crippen LogP contribution >= 0.6 is 0 Å². The number of rotatable bonds is 12. The molecule has 0 amide bonds. The van der Waals surface area contributed by atoms with Gasteiger partial charge < -0.3 is 4.42 Å². The van der Waals surface area contributed by atoms with Crippen molar-refractivity contribution in [3.05, 3.63) is 81.2 Å². The topological polar surface area (TPSA) is 30.2 Å². The van der Waals surface area contributed by atoms with Gasteiger partial charge in [0, 0.05) is 6.42 Å². The Kier molecular flexibility index (Phi) is 8.87. The van der Waals surface area contributed by atoms with Crippen molar-refractivity contribution < 1.29 is 8.81 Å². The average molecular weight is 423 g/mol. The fraction of sp³-hybridized carbons (Fsp3) is 0.464. The molecule has 3 rings (SSSR count). The van der Waals surface area contributed by atoms with E-state index in [2.05, 4.69) is 38.1 Å². The largest absolute Gasteiger partial charge is 0.427 e. The van der Waals surface area contributed by atoms with Crippen LogP contribution in [0.1, 0.15) is 81.2 Å². The van der Waals surface area contributed by atoms with Gasteiger partial charge in [-0.25, -0.2) is 9.18 Å². The molecule has 2 aromatic carbocycles.